The first-order chi connectivity index (χ1) is 7.74. The molecule has 0 saturated carbocycles. The largest absolute Gasteiger partial charge is 0.444 e. The lowest BCUT2D eigenvalue weighted by molar-refractivity contribution is -0.00923. The third-order valence-corrected chi connectivity index (χ3v) is 2.76. The SMILES string of the molecule is CC[C@H]1O[C@@H](NC(=O)OC(C)(C)C)[C@@H](F)[C@@H]1C. The molecule has 1 aliphatic rings. The normalized spacial score (nSPS) is 33.5. The van der Waals surface area contributed by atoms with E-state index in [-0.39, 0.29) is 12.0 Å². The van der Waals surface area contributed by atoms with E-state index in [1.165, 1.54) is 0 Å². The second-order valence-electron chi connectivity index (χ2n) is 5.45. The number of hydrogen-bond acceptors (Lipinski definition) is 3. The van der Waals surface area contributed by atoms with E-state index in [9.17, 15) is 9.18 Å². The first-order valence-corrected chi connectivity index (χ1v) is 6.03. The monoisotopic (exact) mass is 247 g/mol. The van der Waals surface area contributed by atoms with Crippen LogP contribution in [-0.4, -0.2) is 30.2 Å². The summed E-state index contributed by atoms with van der Waals surface area (Å²) >= 11 is 0. The van der Waals surface area contributed by atoms with Crippen LogP contribution >= 0.6 is 0 Å². The van der Waals surface area contributed by atoms with Crippen LogP contribution in [0.5, 0.6) is 0 Å². The van der Waals surface area contributed by atoms with Gasteiger partial charge in [0.05, 0.1) is 6.10 Å². The van der Waals surface area contributed by atoms with Crippen molar-refractivity contribution in [3.05, 3.63) is 0 Å². The minimum Gasteiger partial charge on any atom is -0.444 e. The molecule has 1 N–H and O–H groups in total. The fourth-order valence-corrected chi connectivity index (χ4v) is 1.87. The molecule has 0 aromatic carbocycles. The molecule has 4 nitrogen and oxygen atoms in total. The summed E-state index contributed by atoms with van der Waals surface area (Å²) in [6.45, 7) is 8.99. The average molecular weight is 247 g/mol. The maximum atomic E-state index is 13.8. The summed E-state index contributed by atoms with van der Waals surface area (Å²) in [4.78, 5) is 11.5. The van der Waals surface area contributed by atoms with Gasteiger partial charge in [-0.25, -0.2) is 9.18 Å². The number of carbonyl (C=O) groups is 1. The molecule has 5 heteroatoms. The van der Waals surface area contributed by atoms with Gasteiger partial charge in [0.1, 0.15) is 11.8 Å². The zero-order valence-corrected chi connectivity index (χ0v) is 11.1. The zero-order chi connectivity index (χ0) is 13.2. The first kappa shape index (κ1) is 14.2. The van der Waals surface area contributed by atoms with Crippen molar-refractivity contribution in [2.45, 2.75) is 65.1 Å². The van der Waals surface area contributed by atoms with E-state index in [1.807, 2.05) is 6.92 Å². The highest BCUT2D eigenvalue weighted by Crippen LogP contribution is 2.30. The topological polar surface area (TPSA) is 47.6 Å². The van der Waals surface area contributed by atoms with Crippen molar-refractivity contribution in [1.82, 2.24) is 5.32 Å². The molecule has 1 fully saturated rings. The van der Waals surface area contributed by atoms with Crippen molar-refractivity contribution in [2.75, 3.05) is 0 Å². The molecule has 0 aliphatic carbocycles. The van der Waals surface area contributed by atoms with E-state index in [0.29, 0.717) is 0 Å². The van der Waals surface area contributed by atoms with Gasteiger partial charge < -0.3 is 9.47 Å². The van der Waals surface area contributed by atoms with Crippen molar-refractivity contribution < 1.29 is 18.7 Å². The summed E-state index contributed by atoms with van der Waals surface area (Å²) in [5, 5.41) is 2.42. The van der Waals surface area contributed by atoms with Gasteiger partial charge in [0.25, 0.3) is 0 Å². The van der Waals surface area contributed by atoms with Crippen LogP contribution in [0, 0.1) is 5.92 Å². The Kier molecular flexibility index (Phi) is 4.36. The second kappa shape index (κ2) is 5.21. The molecule has 4 atom stereocenters. The van der Waals surface area contributed by atoms with Crippen LogP contribution in [0.15, 0.2) is 0 Å². The van der Waals surface area contributed by atoms with E-state index in [1.54, 1.807) is 27.7 Å². The number of hydrogen-bond donors (Lipinski definition) is 1. The highest BCUT2D eigenvalue weighted by atomic mass is 19.1. The third kappa shape index (κ3) is 3.84. The lowest BCUT2D eigenvalue weighted by atomic mass is 10.00. The summed E-state index contributed by atoms with van der Waals surface area (Å²) in [6, 6.07) is 0. The number of carbonyl (C=O) groups excluding carboxylic acids is 1. The van der Waals surface area contributed by atoms with E-state index in [2.05, 4.69) is 5.32 Å². The molecule has 1 aliphatic heterocycles. The second-order valence-corrected chi connectivity index (χ2v) is 5.45. The standard InChI is InChI=1S/C12H22FNO3/c1-6-8-7(2)9(13)10(16-8)14-11(15)17-12(3,4)5/h7-10H,6H2,1-5H3,(H,14,15)/t7-,8-,9+,10-/m1/s1. The molecule has 0 bridgehead atoms. The third-order valence-electron chi connectivity index (χ3n) is 2.76. The Labute approximate surface area is 102 Å². The smallest absolute Gasteiger partial charge is 0.409 e. The Hall–Kier alpha value is -0.840. The Morgan fingerprint density at radius 2 is 2.06 bits per heavy atom. The molecule has 100 valence electrons. The van der Waals surface area contributed by atoms with Gasteiger partial charge in [0.15, 0.2) is 6.23 Å². The molecule has 0 unspecified atom stereocenters. The molecule has 1 amide bonds. The summed E-state index contributed by atoms with van der Waals surface area (Å²) in [7, 11) is 0. The highest BCUT2D eigenvalue weighted by molar-refractivity contribution is 5.68. The van der Waals surface area contributed by atoms with Crippen LogP contribution in [0.1, 0.15) is 41.0 Å². The molecule has 0 spiro atoms. The minimum atomic E-state index is -1.19. The van der Waals surface area contributed by atoms with Crippen LogP contribution in [-0.2, 0) is 9.47 Å². The Balaban J connectivity index is 2.50. The van der Waals surface area contributed by atoms with Gasteiger partial charge in [0.2, 0.25) is 0 Å². The quantitative estimate of drug-likeness (QED) is 0.816. The molecular formula is C12H22FNO3. The van der Waals surface area contributed by atoms with E-state index in [4.69, 9.17) is 9.47 Å². The molecule has 1 rings (SSSR count). The maximum absolute atomic E-state index is 13.8. The summed E-state index contributed by atoms with van der Waals surface area (Å²) in [5.74, 6) is -0.208. The number of ether oxygens (including phenoxy) is 2. The van der Waals surface area contributed by atoms with Crippen molar-refractivity contribution >= 4 is 6.09 Å². The van der Waals surface area contributed by atoms with Gasteiger partial charge in [0, 0.05) is 5.92 Å². The highest BCUT2D eigenvalue weighted by Gasteiger charge is 2.42. The molecule has 17 heavy (non-hydrogen) atoms. The number of nitrogens with one attached hydrogen (secondary N) is 1. The lowest BCUT2D eigenvalue weighted by Crippen LogP contribution is -2.43. The van der Waals surface area contributed by atoms with Gasteiger partial charge in [-0.3, -0.25) is 5.32 Å². The number of halogens is 1. The Bertz CT molecular complexity index is 277. The van der Waals surface area contributed by atoms with Gasteiger partial charge >= 0.3 is 6.09 Å². The van der Waals surface area contributed by atoms with Crippen LogP contribution in [0.25, 0.3) is 0 Å². The molecule has 0 radical (unpaired) electrons. The van der Waals surface area contributed by atoms with Crippen LogP contribution in [0.2, 0.25) is 0 Å². The molecule has 0 aromatic heterocycles. The van der Waals surface area contributed by atoms with Gasteiger partial charge in [-0.1, -0.05) is 13.8 Å². The van der Waals surface area contributed by atoms with Crippen LogP contribution < -0.4 is 5.32 Å². The number of alkyl carbamates (subject to hydrolysis) is 1. The maximum Gasteiger partial charge on any atom is 0.409 e. The summed E-state index contributed by atoms with van der Waals surface area (Å²) < 4.78 is 24.3. The fraction of sp³-hybridized carbons (Fsp3) is 0.917. The van der Waals surface area contributed by atoms with Crippen molar-refractivity contribution in [2.24, 2.45) is 5.92 Å². The molecule has 0 aromatic rings. The Morgan fingerprint density at radius 1 is 1.47 bits per heavy atom. The Morgan fingerprint density at radius 3 is 2.47 bits per heavy atom. The van der Waals surface area contributed by atoms with Gasteiger partial charge in [-0.2, -0.15) is 0 Å². The van der Waals surface area contributed by atoms with Crippen molar-refractivity contribution in [3.63, 3.8) is 0 Å². The molecule has 1 saturated heterocycles. The number of rotatable bonds is 2. The molecule has 1 heterocycles. The van der Waals surface area contributed by atoms with Crippen LogP contribution in [0.4, 0.5) is 9.18 Å². The van der Waals surface area contributed by atoms with Crippen molar-refractivity contribution in [3.8, 4) is 0 Å². The fourth-order valence-electron chi connectivity index (χ4n) is 1.87. The average Bonchev–Trinajstić information content (AvgIpc) is 2.43. The lowest BCUT2D eigenvalue weighted by Gasteiger charge is -2.22. The predicted molar refractivity (Wildman–Crippen MR) is 62.4 cm³/mol. The minimum absolute atomic E-state index is 0.148. The van der Waals surface area contributed by atoms with E-state index < -0.39 is 24.1 Å². The van der Waals surface area contributed by atoms with Gasteiger partial charge in [-0.15, -0.1) is 0 Å². The summed E-state index contributed by atoms with van der Waals surface area (Å²) in [6.07, 6.45) is -2.15. The van der Waals surface area contributed by atoms with Crippen LogP contribution in [0.3, 0.4) is 0 Å². The number of amides is 1. The van der Waals surface area contributed by atoms with E-state index in [0.717, 1.165) is 6.42 Å². The van der Waals surface area contributed by atoms with Gasteiger partial charge in [-0.05, 0) is 27.2 Å². The molecular weight excluding hydrogens is 225 g/mol. The first-order valence-electron chi connectivity index (χ1n) is 6.03. The summed E-state index contributed by atoms with van der Waals surface area (Å²) in [5.41, 5.74) is -0.593. The zero-order valence-electron chi connectivity index (χ0n) is 11.1. The number of alkyl halides is 1. The van der Waals surface area contributed by atoms with E-state index >= 15 is 0 Å². The van der Waals surface area contributed by atoms with Crippen molar-refractivity contribution in [1.29, 1.82) is 0 Å². The predicted octanol–water partition coefficient (Wildman–Crippen LogP) is 2.62.